The summed E-state index contributed by atoms with van der Waals surface area (Å²) in [6.45, 7) is 5.20. The van der Waals surface area contributed by atoms with Crippen molar-refractivity contribution in [2.24, 2.45) is 11.8 Å². The number of halogens is 2. The number of aromatic nitrogens is 1. The predicted molar refractivity (Wildman–Crippen MR) is 164 cm³/mol. The van der Waals surface area contributed by atoms with Gasteiger partial charge in [0.2, 0.25) is 0 Å². The molecule has 3 atom stereocenters. The number of nitrogens with zero attached hydrogens (tertiary/aromatic N) is 1. The van der Waals surface area contributed by atoms with Gasteiger partial charge in [0.05, 0.1) is 11.6 Å². The van der Waals surface area contributed by atoms with Gasteiger partial charge in [0.1, 0.15) is 17.1 Å². The van der Waals surface area contributed by atoms with Gasteiger partial charge in [-0.25, -0.2) is 9.18 Å². The van der Waals surface area contributed by atoms with E-state index in [1.54, 1.807) is 6.07 Å². The highest BCUT2D eigenvalue weighted by Crippen LogP contribution is 2.56. The molecule has 0 aliphatic heterocycles. The summed E-state index contributed by atoms with van der Waals surface area (Å²) in [4.78, 5) is 17.3. The fourth-order valence-electron chi connectivity index (χ4n) is 8.07. The van der Waals surface area contributed by atoms with E-state index in [1.165, 1.54) is 47.4 Å². The minimum atomic E-state index is -1.12. The second-order valence-electron chi connectivity index (χ2n) is 13.0. The third-order valence-corrected chi connectivity index (χ3v) is 10.6. The zero-order valence-electron chi connectivity index (χ0n) is 24.5. The number of hydrogen-bond donors (Lipinski definition) is 2. The Hall–Kier alpha value is -3.12. The Morgan fingerprint density at radius 2 is 1.98 bits per heavy atom. The zero-order chi connectivity index (χ0) is 29.5. The molecule has 3 aromatic rings. The van der Waals surface area contributed by atoms with Crippen molar-refractivity contribution < 1.29 is 19.0 Å². The topological polar surface area (TPSA) is 71.5 Å². The van der Waals surface area contributed by atoms with E-state index in [2.05, 4.69) is 48.4 Å². The van der Waals surface area contributed by atoms with E-state index >= 15 is 0 Å². The molecule has 1 heterocycles. The molecule has 3 aliphatic carbocycles. The molecule has 2 aromatic carbocycles. The van der Waals surface area contributed by atoms with Crippen LogP contribution in [0.1, 0.15) is 87.1 Å². The van der Waals surface area contributed by atoms with Crippen LogP contribution in [0.25, 0.3) is 0 Å². The van der Waals surface area contributed by atoms with Crippen LogP contribution >= 0.6 is 11.6 Å². The van der Waals surface area contributed by atoms with Crippen LogP contribution in [0.5, 0.6) is 5.75 Å². The number of benzene rings is 2. The van der Waals surface area contributed by atoms with E-state index in [1.807, 2.05) is 12.3 Å². The number of carboxylic acids is 1. The summed E-state index contributed by atoms with van der Waals surface area (Å²) < 4.78 is 20.3. The molecular formula is C35H40ClFN2O3. The summed E-state index contributed by atoms with van der Waals surface area (Å²) in [6, 6.07) is 15.0. The SMILES string of the molecule is C[C@@H](COc1ccnc2c1[C@H](C)CCC2)C[C@@H]1Cc2ccccc2C12CCC(Nc1ccc(F)c(Cl)c1)(C(=O)O)CC2. The number of aliphatic carboxylic acids is 1. The van der Waals surface area contributed by atoms with Crippen molar-refractivity contribution in [2.45, 2.75) is 88.5 Å². The Bertz CT molecular complexity index is 1470. The fraction of sp³-hybridized carbons (Fsp3) is 0.486. The molecule has 1 aromatic heterocycles. The number of fused-ring (bicyclic) bond motifs is 3. The standard InChI is InChI=1S/C35H40ClFN2O3/c1-22(21-42-31-12-17-38-30-9-5-6-23(2)32(30)31)18-25-19-24-7-3-4-8-27(24)34(25)13-15-35(16-14-34,33(40)41)39-26-10-11-29(37)28(36)20-26/h3-4,7-8,10-12,17,20,22-23,25,39H,5-6,9,13-16,18-19,21H2,1-2H3,(H,40,41)/t22-,23-,25-,34?,35?/m1/s1. The highest BCUT2D eigenvalue weighted by molar-refractivity contribution is 6.31. The van der Waals surface area contributed by atoms with Gasteiger partial charge in [-0.2, -0.15) is 0 Å². The first kappa shape index (κ1) is 29.0. The maximum absolute atomic E-state index is 13.8. The predicted octanol–water partition coefficient (Wildman–Crippen LogP) is 8.34. The van der Waals surface area contributed by atoms with Crippen molar-refractivity contribution in [1.82, 2.24) is 4.98 Å². The first-order chi connectivity index (χ1) is 20.2. The Labute approximate surface area is 252 Å². The second-order valence-corrected chi connectivity index (χ2v) is 13.4. The minimum absolute atomic E-state index is 0.0180. The molecule has 6 rings (SSSR count). The number of nitrogens with one attached hydrogen (secondary N) is 1. The van der Waals surface area contributed by atoms with Crippen LogP contribution < -0.4 is 10.1 Å². The van der Waals surface area contributed by atoms with Crippen LogP contribution in [0.2, 0.25) is 5.02 Å². The molecule has 1 spiro atoms. The molecule has 1 saturated carbocycles. The molecule has 0 amide bonds. The van der Waals surface area contributed by atoms with Crippen LogP contribution in [0.3, 0.4) is 0 Å². The van der Waals surface area contributed by atoms with Gasteiger partial charge in [-0.1, -0.05) is 49.7 Å². The number of carbonyl (C=O) groups is 1. The molecule has 2 N–H and O–H groups in total. The van der Waals surface area contributed by atoms with Crippen LogP contribution in [-0.4, -0.2) is 28.2 Å². The van der Waals surface area contributed by atoms with Gasteiger partial charge in [0.15, 0.2) is 0 Å². The molecule has 222 valence electrons. The van der Waals surface area contributed by atoms with Gasteiger partial charge in [0.25, 0.3) is 0 Å². The van der Waals surface area contributed by atoms with Crippen molar-refractivity contribution in [1.29, 1.82) is 0 Å². The normalized spacial score (nSPS) is 27.2. The average molecular weight is 591 g/mol. The lowest BCUT2D eigenvalue weighted by Crippen LogP contribution is -2.53. The van der Waals surface area contributed by atoms with Gasteiger partial charge in [-0.15, -0.1) is 0 Å². The molecule has 0 unspecified atom stereocenters. The van der Waals surface area contributed by atoms with Gasteiger partial charge in [0, 0.05) is 23.1 Å². The van der Waals surface area contributed by atoms with Gasteiger partial charge in [-0.3, -0.25) is 4.98 Å². The van der Waals surface area contributed by atoms with Gasteiger partial charge < -0.3 is 15.2 Å². The molecule has 42 heavy (non-hydrogen) atoms. The van der Waals surface area contributed by atoms with Crippen molar-refractivity contribution in [2.75, 3.05) is 11.9 Å². The third-order valence-electron chi connectivity index (χ3n) is 10.3. The number of pyridine rings is 1. The van der Waals surface area contributed by atoms with Crippen LogP contribution in [0.4, 0.5) is 10.1 Å². The smallest absolute Gasteiger partial charge is 0.329 e. The Balaban J connectivity index is 1.19. The van der Waals surface area contributed by atoms with Crippen molar-refractivity contribution >= 4 is 23.3 Å². The number of rotatable bonds is 8. The van der Waals surface area contributed by atoms with Crippen LogP contribution in [0.15, 0.2) is 54.7 Å². The van der Waals surface area contributed by atoms with E-state index in [9.17, 15) is 14.3 Å². The van der Waals surface area contributed by atoms with E-state index in [-0.39, 0.29) is 10.4 Å². The van der Waals surface area contributed by atoms with E-state index < -0.39 is 17.3 Å². The van der Waals surface area contributed by atoms with Crippen molar-refractivity contribution in [3.8, 4) is 5.75 Å². The Morgan fingerprint density at radius 1 is 1.19 bits per heavy atom. The summed E-state index contributed by atoms with van der Waals surface area (Å²) in [5.74, 6) is 0.810. The summed E-state index contributed by atoms with van der Waals surface area (Å²) in [6.07, 6.45) is 9.78. The molecule has 0 radical (unpaired) electrons. The lowest BCUT2D eigenvalue weighted by molar-refractivity contribution is -0.144. The maximum Gasteiger partial charge on any atom is 0.329 e. The van der Waals surface area contributed by atoms with Gasteiger partial charge in [-0.05, 0) is 116 Å². The highest BCUT2D eigenvalue weighted by atomic mass is 35.5. The lowest BCUT2D eigenvalue weighted by atomic mass is 9.59. The van der Waals surface area contributed by atoms with Crippen molar-refractivity contribution in [3.63, 3.8) is 0 Å². The summed E-state index contributed by atoms with van der Waals surface area (Å²) in [5.41, 5.74) is 4.56. The highest BCUT2D eigenvalue weighted by Gasteiger charge is 2.54. The number of anilines is 1. The first-order valence-corrected chi connectivity index (χ1v) is 15.7. The molecule has 1 fully saturated rings. The second kappa shape index (κ2) is 11.5. The molecule has 0 bridgehead atoms. The first-order valence-electron chi connectivity index (χ1n) is 15.4. The van der Waals surface area contributed by atoms with E-state index in [0.717, 1.165) is 37.9 Å². The third kappa shape index (κ3) is 5.27. The van der Waals surface area contributed by atoms with Gasteiger partial charge >= 0.3 is 5.97 Å². The minimum Gasteiger partial charge on any atom is -0.493 e. The monoisotopic (exact) mass is 590 g/mol. The van der Waals surface area contributed by atoms with E-state index in [4.69, 9.17) is 16.3 Å². The number of hydrogen-bond acceptors (Lipinski definition) is 4. The maximum atomic E-state index is 13.8. The molecule has 5 nitrogen and oxygen atoms in total. The van der Waals surface area contributed by atoms with Crippen molar-refractivity contribution in [3.05, 3.63) is 88.0 Å². The molecule has 0 saturated heterocycles. The Morgan fingerprint density at radius 3 is 2.74 bits per heavy atom. The number of ether oxygens (including phenoxy) is 1. The van der Waals surface area contributed by atoms with Crippen LogP contribution in [-0.2, 0) is 23.1 Å². The number of carboxylic acid groups (broad SMARTS) is 1. The Kier molecular flexibility index (Phi) is 7.95. The fourth-order valence-corrected chi connectivity index (χ4v) is 8.25. The zero-order valence-corrected chi connectivity index (χ0v) is 25.2. The quantitative estimate of drug-likeness (QED) is 0.276. The average Bonchev–Trinajstić information content (AvgIpc) is 3.27. The molecule has 7 heteroatoms. The van der Waals surface area contributed by atoms with E-state index in [0.29, 0.717) is 42.9 Å². The lowest BCUT2D eigenvalue weighted by Gasteiger charge is -2.47. The summed E-state index contributed by atoms with van der Waals surface area (Å²) in [7, 11) is 0. The molecule has 3 aliphatic rings. The molecular weight excluding hydrogens is 551 g/mol. The summed E-state index contributed by atoms with van der Waals surface area (Å²) >= 11 is 6.01. The number of aryl methyl sites for hydroxylation is 1. The largest absolute Gasteiger partial charge is 0.493 e. The van der Waals surface area contributed by atoms with Crippen LogP contribution in [0, 0.1) is 17.7 Å². The summed E-state index contributed by atoms with van der Waals surface area (Å²) in [5, 5.41) is 13.6.